The van der Waals surface area contributed by atoms with E-state index >= 15 is 0 Å². The van der Waals surface area contributed by atoms with Crippen LogP contribution in [0.25, 0.3) is 0 Å². The fraction of sp³-hybridized carbons (Fsp3) is 0.294. The highest BCUT2D eigenvalue weighted by molar-refractivity contribution is 5.94. The number of β-amino-alcohol motifs (C(OH)–C–C–N with tert-alkyl or cyclic N) is 1. The van der Waals surface area contributed by atoms with E-state index in [2.05, 4.69) is 4.98 Å². The van der Waals surface area contributed by atoms with E-state index in [1.165, 1.54) is 4.90 Å². The van der Waals surface area contributed by atoms with Crippen molar-refractivity contribution in [1.29, 1.82) is 0 Å². The van der Waals surface area contributed by atoms with Crippen LogP contribution in [0, 0.1) is 0 Å². The molecule has 0 bridgehead atoms. The summed E-state index contributed by atoms with van der Waals surface area (Å²) < 4.78 is 19.1. The number of aliphatic hydroxyl groups is 1. The number of pyridine rings is 1. The highest BCUT2D eigenvalue weighted by atomic mass is 19.1. The normalized spacial score (nSPS) is 20.2. The lowest BCUT2D eigenvalue weighted by Crippen LogP contribution is -2.29. The summed E-state index contributed by atoms with van der Waals surface area (Å²) in [4.78, 5) is 17.9. The number of halogens is 1. The van der Waals surface area contributed by atoms with Crippen molar-refractivity contribution in [2.75, 3.05) is 13.1 Å². The fourth-order valence-corrected chi connectivity index (χ4v) is 2.57. The monoisotopic (exact) mass is 331 g/mol. The zero-order chi connectivity index (χ0) is 17.1. The Labute approximate surface area is 138 Å². The van der Waals surface area contributed by atoms with E-state index < -0.39 is 12.3 Å². The van der Waals surface area contributed by atoms with Gasteiger partial charge in [0.05, 0.1) is 6.54 Å². The Morgan fingerprint density at radius 3 is 2.92 bits per heavy atom. The first kappa shape index (κ1) is 16.4. The lowest BCUT2D eigenvalue weighted by Gasteiger charge is -2.16. The Balaban J connectivity index is 1.78. The SMILES string of the molecule is NCc1cccnc1Oc1cccc(C(=O)N2C[C@@H](O)[C@H](F)C2)c1. The average Bonchev–Trinajstić information content (AvgIpc) is 2.94. The minimum Gasteiger partial charge on any atom is -0.439 e. The van der Waals surface area contributed by atoms with Crippen LogP contribution in [0.5, 0.6) is 11.6 Å². The predicted molar refractivity (Wildman–Crippen MR) is 85.5 cm³/mol. The number of likely N-dealkylation sites (tertiary alicyclic amines) is 1. The number of alkyl halides is 1. The lowest BCUT2D eigenvalue weighted by atomic mass is 10.2. The quantitative estimate of drug-likeness (QED) is 0.886. The molecule has 24 heavy (non-hydrogen) atoms. The first-order valence-corrected chi connectivity index (χ1v) is 7.61. The zero-order valence-corrected chi connectivity index (χ0v) is 12.9. The van der Waals surface area contributed by atoms with Crippen molar-refractivity contribution in [3.8, 4) is 11.6 Å². The molecule has 6 nitrogen and oxygen atoms in total. The molecule has 3 rings (SSSR count). The fourth-order valence-electron chi connectivity index (χ4n) is 2.57. The van der Waals surface area contributed by atoms with Gasteiger partial charge in [-0.05, 0) is 24.3 Å². The number of nitrogens with zero attached hydrogens (tertiary/aromatic N) is 2. The van der Waals surface area contributed by atoms with E-state index in [1.54, 1.807) is 36.5 Å². The summed E-state index contributed by atoms with van der Waals surface area (Å²) in [6.45, 7) is 0.163. The molecule has 2 aromatic rings. The van der Waals surface area contributed by atoms with Gasteiger partial charge in [0.1, 0.15) is 18.0 Å². The minimum absolute atomic E-state index is 0.0113. The van der Waals surface area contributed by atoms with E-state index in [1.807, 2.05) is 6.07 Å². The average molecular weight is 331 g/mol. The number of carbonyl (C=O) groups is 1. The molecule has 2 atom stereocenters. The van der Waals surface area contributed by atoms with Gasteiger partial charge in [-0.15, -0.1) is 0 Å². The van der Waals surface area contributed by atoms with Gasteiger partial charge in [-0.2, -0.15) is 0 Å². The molecule has 0 unspecified atom stereocenters. The van der Waals surface area contributed by atoms with Gasteiger partial charge in [-0.3, -0.25) is 4.79 Å². The Bertz CT molecular complexity index is 731. The number of hydrogen-bond donors (Lipinski definition) is 2. The first-order chi connectivity index (χ1) is 11.6. The van der Waals surface area contributed by atoms with Crippen LogP contribution in [0.2, 0.25) is 0 Å². The summed E-state index contributed by atoms with van der Waals surface area (Å²) >= 11 is 0. The standard InChI is InChI=1S/C17H18FN3O3/c18-14-9-21(10-15(14)22)17(23)11-3-1-5-13(7-11)24-16-12(8-19)4-2-6-20-16/h1-7,14-15,22H,8-10,19H2/t14-,15-/m1/s1. The molecule has 1 aromatic carbocycles. The van der Waals surface area contributed by atoms with Gasteiger partial charge in [0.2, 0.25) is 5.88 Å². The highest BCUT2D eigenvalue weighted by Crippen LogP contribution is 2.25. The summed E-state index contributed by atoms with van der Waals surface area (Å²) in [6.07, 6.45) is -0.945. The molecule has 126 valence electrons. The molecule has 1 aliphatic heterocycles. The third-order valence-corrected chi connectivity index (χ3v) is 3.87. The molecule has 1 saturated heterocycles. The van der Waals surface area contributed by atoms with Gasteiger partial charge in [-0.25, -0.2) is 9.37 Å². The summed E-state index contributed by atoms with van der Waals surface area (Å²) in [5, 5.41) is 9.46. The molecule has 0 radical (unpaired) electrons. The van der Waals surface area contributed by atoms with E-state index in [0.717, 1.165) is 5.56 Å². The Morgan fingerprint density at radius 2 is 2.21 bits per heavy atom. The van der Waals surface area contributed by atoms with Crippen LogP contribution in [-0.2, 0) is 6.54 Å². The molecule has 2 heterocycles. The molecule has 0 spiro atoms. The maximum atomic E-state index is 13.4. The molecular formula is C17H18FN3O3. The van der Waals surface area contributed by atoms with E-state index in [9.17, 15) is 14.3 Å². The molecule has 1 amide bonds. The number of rotatable bonds is 4. The van der Waals surface area contributed by atoms with Gasteiger partial charge >= 0.3 is 0 Å². The maximum Gasteiger partial charge on any atom is 0.254 e. The van der Waals surface area contributed by atoms with Crippen molar-refractivity contribution in [2.45, 2.75) is 18.8 Å². The van der Waals surface area contributed by atoms with Gasteiger partial charge in [0, 0.05) is 30.4 Å². The second kappa shape index (κ2) is 6.94. The Hall–Kier alpha value is -2.51. The number of aromatic nitrogens is 1. The van der Waals surface area contributed by atoms with Gasteiger partial charge in [-0.1, -0.05) is 12.1 Å². The number of amides is 1. The topological polar surface area (TPSA) is 88.7 Å². The summed E-state index contributed by atoms with van der Waals surface area (Å²) in [7, 11) is 0. The Morgan fingerprint density at radius 1 is 1.38 bits per heavy atom. The molecule has 1 aliphatic rings. The molecule has 7 heteroatoms. The predicted octanol–water partition coefficient (Wildman–Crippen LogP) is 1.49. The van der Waals surface area contributed by atoms with Gasteiger partial charge in [0.25, 0.3) is 5.91 Å². The first-order valence-electron chi connectivity index (χ1n) is 7.61. The summed E-state index contributed by atoms with van der Waals surface area (Å²) in [5.74, 6) is 0.468. The molecule has 0 aliphatic carbocycles. The third-order valence-electron chi connectivity index (χ3n) is 3.87. The lowest BCUT2D eigenvalue weighted by molar-refractivity contribution is 0.0764. The van der Waals surface area contributed by atoms with Crippen LogP contribution in [0.4, 0.5) is 4.39 Å². The highest BCUT2D eigenvalue weighted by Gasteiger charge is 2.34. The third kappa shape index (κ3) is 3.37. The van der Waals surface area contributed by atoms with Crippen LogP contribution in [0.15, 0.2) is 42.6 Å². The number of hydrogen-bond acceptors (Lipinski definition) is 5. The zero-order valence-electron chi connectivity index (χ0n) is 12.9. The Kier molecular flexibility index (Phi) is 4.73. The second-order valence-electron chi connectivity index (χ2n) is 5.60. The number of ether oxygens (including phenoxy) is 1. The van der Waals surface area contributed by atoms with Crippen molar-refractivity contribution in [3.05, 3.63) is 53.7 Å². The molecule has 0 saturated carbocycles. The van der Waals surface area contributed by atoms with Crippen LogP contribution in [-0.4, -0.2) is 46.3 Å². The number of benzene rings is 1. The largest absolute Gasteiger partial charge is 0.439 e. The van der Waals surface area contributed by atoms with Crippen molar-refractivity contribution in [1.82, 2.24) is 9.88 Å². The molecule has 1 aromatic heterocycles. The second-order valence-corrected chi connectivity index (χ2v) is 5.60. The van der Waals surface area contributed by atoms with E-state index in [0.29, 0.717) is 17.2 Å². The van der Waals surface area contributed by atoms with Crippen LogP contribution >= 0.6 is 0 Å². The van der Waals surface area contributed by atoms with E-state index in [-0.39, 0.29) is 25.5 Å². The number of aliphatic hydroxyl groups excluding tert-OH is 1. The summed E-state index contributed by atoms with van der Waals surface area (Å²) in [5.41, 5.74) is 6.76. The van der Waals surface area contributed by atoms with Gasteiger partial charge < -0.3 is 20.5 Å². The van der Waals surface area contributed by atoms with Crippen molar-refractivity contribution >= 4 is 5.91 Å². The minimum atomic E-state index is -1.41. The van der Waals surface area contributed by atoms with Crippen LogP contribution in [0.1, 0.15) is 15.9 Å². The maximum absolute atomic E-state index is 13.4. The van der Waals surface area contributed by atoms with Gasteiger partial charge in [0.15, 0.2) is 0 Å². The molecular weight excluding hydrogens is 313 g/mol. The number of carbonyl (C=O) groups excluding carboxylic acids is 1. The smallest absolute Gasteiger partial charge is 0.254 e. The van der Waals surface area contributed by atoms with E-state index in [4.69, 9.17) is 10.5 Å². The van der Waals surface area contributed by atoms with Crippen molar-refractivity contribution in [3.63, 3.8) is 0 Å². The molecule has 1 fully saturated rings. The van der Waals surface area contributed by atoms with Crippen LogP contribution in [0.3, 0.4) is 0 Å². The summed E-state index contributed by atoms with van der Waals surface area (Å²) in [6, 6.07) is 10.1. The molecule has 3 N–H and O–H groups in total. The van der Waals surface area contributed by atoms with Crippen molar-refractivity contribution < 1.29 is 19.0 Å². The van der Waals surface area contributed by atoms with Crippen LogP contribution < -0.4 is 10.5 Å². The number of nitrogens with two attached hydrogens (primary N) is 1. The van der Waals surface area contributed by atoms with Crippen molar-refractivity contribution in [2.24, 2.45) is 5.73 Å².